The van der Waals surface area contributed by atoms with Gasteiger partial charge in [0.25, 0.3) is 0 Å². The zero-order valence-corrected chi connectivity index (χ0v) is 13.1. The highest BCUT2D eigenvalue weighted by atomic mass is 16.5. The van der Waals surface area contributed by atoms with E-state index in [4.69, 9.17) is 9.84 Å². The number of carbonyl (C=O) groups is 2. The number of hydrogen-bond acceptors (Lipinski definition) is 3. The predicted octanol–water partition coefficient (Wildman–Crippen LogP) is 3.23. The highest BCUT2D eigenvalue weighted by molar-refractivity contribution is 5.98. The summed E-state index contributed by atoms with van der Waals surface area (Å²) in [7, 11) is 0. The molecule has 2 N–H and O–H groups in total. The minimum absolute atomic E-state index is 0.0240. The molecule has 1 aromatic carbocycles. The second kappa shape index (κ2) is 6.92. The van der Waals surface area contributed by atoms with Gasteiger partial charge in [0.2, 0.25) is 5.91 Å². The summed E-state index contributed by atoms with van der Waals surface area (Å²) in [6.07, 6.45) is 3.49. The Bertz CT molecular complexity index is 564. The number of aryl methyl sites for hydroxylation is 1. The van der Waals surface area contributed by atoms with Crippen molar-refractivity contribution < 1.29 is 19.4 Å². The molecule has 0 bridgehead atoms. The fraction of sp³-hybridized carbons (Fsp3) is 0.529. The van der Waals surface area contributed by atoms with Crippen LogP contribution in [0.2, 0.25) is 0 Å². The fourth-order valence-corrected chi connectivity index (χ4v) is 2.75. The second-order valence-corrected chi connectivity index (χ2v) is 5.87. The van der Waals surface area contributed by atoms with Crippen molar-refractivity contribution in [2.24, 2.45) is 5.41 Å². The molecule has 0 unspecified atom stereocenters. The lowest BCUT2D eigenvalue weighted by molar-refractivity contribution is -0.132. The Balaban J connectivity index is 2.10. The van der Waals surface area contributed by atoms with Crippen LogP contribution in [-0.4, -0.2) is 30.2 Å². The second-order valence-electron chi connectivity index (χ2n) is 5.87. The van der Waals surface area contributed by atoms with Gasteiger partial charge >= 0.3 is 5.97 Å². The summed E-state index contributed by atoms with van der Waals surface area (Å²) in [6.45, 7) is 5.03. The molecule has 0 heterocycles. The Kier molecular flexibility index (Phi) is 5.19. The first-order chi connectivity index (χ1) is 10.5. The van der Waals surface area contributed by atoms with Crippen molar-refractivity contribution in [3.63, 3.8) is 0 Å². The molecule has 0 saturated heterocycles. The Hall–Kier alpha value is -1.88. The average molecular weight is 305 g/mol. The Morgan fingerprint density at radius 1 is 1.36 bits per heavy atom. The van der Waals surface area contributed by atoms with Gasteiger partial charge in [0.1, 0.15) is 0 Å². The van der Waals surface area contributed by atoms with Crippen molar-refractivity contribution in [2.75, 3.05) is 18.5 Å². The van der Waals surface area contributed by atoms with Crippen molar-refractivity contribution in [3.05, 3.63) is 29.3 Å². The molecule has 1 aliphatic carbocycles. The third kappa shape index (κ3) is 3.47. The fourth-order valence-electron chi connectivity index (χ4n) is 2.75. The predicted molar refractivity (Wildman–Crippen MR) is 84.2 cm³/mol. The molecule has 1 saturated carbocycles. The van der Waals surface area contributed by atoms with Gasteiger partial charge < -0.3 is 15.2 Å². The van der Waals surface area contributed by atoms with Crippen LogP contribution in [0, 0.1) is 12.3 Å². The van der Waals surface area contributed by atoms with E-state index in [-0.39, 0.29) is 16.9 Å². The molecule has 0 aliphatic heterocycles. The SMILES string of the molecule is CCOCCC1(C(=O)Nc2cc(C(=O)O)ccc2C)CCC1. The van der Waals surface area contributed by atoms with E-state index in [1.54, 1.807) is 12.1 Å². The van der Waals surface area contributed by atoms with Crippen molar-refractivity contribution in [3.8, 4) is 0 Å². The maximum absolute atomic E-state index is 12.6. The maximum atomic E-state index is 12.6. The molecule has 22 heavy (non-hydrogen) atoms. The lowest BCUT2D eigenvalue weighted by atomic mass is 9.66. The van der Waals surface area contributed by atoms with Gasteiger partial charge in [-0.05, 0) is 50.8 Å². The number of carboxylic acids is 1. The Labute approximate surface area is 130 Å². The third-order valence-corrected chi connectivity index (χ3v) is 4.45. The smallest absolute Gasteiger partial charge is 0.335 e. The third-order valence-electron chi connectivity index (χ3n) is 4.45. The molecule has 1 aliphatic rings. The highest BCUT2D eigenvalue weighted by Crippen LogP contribution is 2.45. The summed E-state index contributed by atoms with van der Waals surface area (Å²) in [5.74, 6) is -1.02. The number of amides is 1. The van der Waals surface area contributed by atoms with Gasteiger partial charge in [-0.15, -0.1) is 0 Å². The number of anilines is 1. The summed E-state index contributed by atoms with van der Waals surface area (Å²) in [5.41, 5.74) is 1.25. The van der Waals surface area contributed by atoms with E-state index < -0.39 is 5.97 Å². The number of aromatic carboxylic acids is 1. The van der Waals surface area contributed by atoms with Crippen LogP contribution in [0.5, 0.6) is 0 Å². The van der Waals surface area contributed by atoms with Gasteiger partial charge in [0.05, 0.1) is 11.0 Å². The lowest BCUT2D eigenvalue weighted by Crippen LogP contribution is -2.43. The highest BCUT2D eigenvalue weighted by Gasteiger charge is 2.43. The van der Waals surface area contributed by atoms with E-state index in [0.29, 0.717) is 25.3 Å². The standard InChI is InChI=1S/C17H23NO4/c1-3-22-10-9-17(7-4-8-17)16(21)18-14-11-13(15(19)20)6-5-12(14)2/h5-6,11H,3-4,7-10H2,1-2H3,(H,18,21)(H,19,20). The first-order valence-corrected chi connectivity index (χ1v) is 7.72. The zero-order chi connectivity index (χ0) is 16.2. The van der Waals surface area contributed by atoms with Crippen LogP contribution in [0.4, 0.5) is 5.69 Å². The Morgan fingerprint density at radius 3 is 2.64 bits per heavy atom. The lowest BCUT2D eigenvalue weighted by Gasteiger charge is -2.40. The normalized spacial score (nSPS) is 15.9. The molecule has 1 amide bonds. The summed E-state index contributed by atoms with van der Waals surface area (Å²) >= 11 is 0. The topological polar surface area (TPSA) is 75.6 Å². The molecule has 0 radical (unpaired) electrons. The van der Waals surface area contributed by atoms with Gasteiger partial charge in [0, 0.05) is 18.9 Å². The van der Waals surface area contributed by atoms with Crippen LogP contribution in [-0.2, 0) is 9.53 Å². The van der Waals surface area contributed by atoms with Gasteiger partial charge in [0.15, 0.2) is 0 Å². The number of hydrogen-bond donors (Lipinski definition) is 2. The first kappa shape index (κ1) is 16.5. The van der Waals surface area contributed by atoms with Gasteiger partial charge in [-0.25, -0.2) is 4.79 Å². The van der Waals surface area contributed by atoms with Crippen LogP contribution in [0.15, 0.2) is 18.2 Å². The number of benzene rings is 1. The van der Waals surface area contributed by atoms with E-state index in [1.165, 1.54) is 6.07 Å². The first-order valence-electron chi connectivity index (χ1n) is 7.72. The largest absolute Gasteiger partial charge is 0.478 e. The summed E-state index contributed by atoms with van der Waals surface area (Å²) in [4.78, 5) is 23.7. The summed E-state index contributed by atoms with van der Waals surface area (Å²) in [5, 5.41) is 12.0. The molecule has 1 fully saturated rings. The van der Waals surface area contributed by atoms with E-state index in [0.717, 1.165) is 24.8 Å². The summed E-state index contributed by atoms with van der Waals surface area (Å²) in [6, 6.07) is 4.78. The van der Waals surface area contributed by atoms with Crippen molar-refractivity contribution in [1.29, 1.82) is 0 Å². The van der Waals surface area contributed by atoms with E-state index in [1.807, 2.05) is 13.8 Å². The van der Waals surface area contributed by atoms with E-state index in [9.17, 15) is 9.59 Å². The molecule has 0 atom stereocenters. The van der Waals surface area contributed by atoms with Crippen molar-refractivity contribution in [1.82, 2.24) is 0 Å². The molecular formula is C17H23NO4. The number of ether oxygens (including phenoxy) is 1. The maximum Gasteiger partial charge on any atom is 0.335 e. The average Bonchev–Trinajstić information content (AvgIpc) is 2.43. The summed E-state index contributed by atoms with van der Waals surface area (Å²) < 4.78 is 5.38. The van der Waals surface area contributed by atoms with Crippen LogP contribution in [0.25, 0.3) is 0 Å². The molecule has 1 aromatic rings. The Morgan fingerprint density at radius 2 is 2.09 bits per heavy atom. The molecular weight excluding hydrogens is 282 g/mol. The van der Waals surface area contributed by atoms with Gasteiger partial charge in [-0.2, -0.15) is 0 Å². The number of nitrogens with one attached hydrogen (secondary N) is 1. The van der Waals surface area contributed by atoms with Crippen LogP contribution in [0.1, 0.15) is 48.5 Å². The molecule has 5 heteroatoms. The van der Waals surface area contributed by atoms with Crippen molar-refractivity contribution in [2.45, 2.75) is 39.5 Å². The number of carbonyl (C=O) groups excluding carboxylic acids is 1. The molecule has 0 aromatic heterocycles. The zero-order valence-electron chi connectivity index (χ0n) is 13.1. The molecule has 0 spiro atoms. The van der Waals surface area contributed by atoms with Crippen molar-refractivity contribution >= 4 is 17.6 Å². The molecule has 2 rings (SSSR count). The van der Waals surface area contributed by atoms with Gasteiger partial charge in [-0.3, -0.25) is 4.79 Å². The van der Waals surface area contributed by atoms with Crippen LogP contribution < -0.4 is 5.32 Å². The van der Waals surface area contributed by atoms with Crippen LogP contribution >= 0.6 is 0 Å². The minimum Gasteiger partial charge on any atom is -0.478 e. The molecule has 5 nitrogen and oxygen atoms in total. The number of rotatable bonds is 7. The van der Waals surface area contributed by atoms with E-state index >= 15 is 0 Å². The molecule has 120 valence electrons. The van der Waals surface area contributed by atoms with Gasteiger partial charge in [-0.1, -0.05) is 12.5 Å². The van der Waals surface area contributed by atoms with Crippen LogP contribution in [0.3, 0.4) is 0 Å². The minimum atomic E-state index is -0.995. The number of carboxylic acid groups (broad SMARTS) is 1. The van der Waals surface area contributed by atoms with E-state index in [2.05, 4.69) is 5.32 Å². The quantitative estimate of drug-likeness (QED) is 0.758. The monoisotopic (exact) mass is 305 g/mol.